The van der Waals surface area contributed by atoms with Crippen LogP contribution < -0.4 is 10.5 Å². The monoisotopic (exact) mass is 293 g/mol. The van der Waals surface area contributed by atoms with Crippen molar-refractivity contribution < 1.29 is 9.13 Å². The third kappa shape index (κ3) is 4.44. The van der Waals surface area contributed by atoms with Gasteiger partial charge in [0.15, 0.2) is 11.6 Å². The van der Waals surface area contributed by atoms with Crippen LogP contribution in [-0.2, 0) is 6.42 Å². The van der Waals surface area contributed by atoms with E-state index in [1.165, 1.54) is 19.3 Å². The van der Waals surface area contributed by atoms with Gasteiger partial charge in [0.25, 0.3) is 0 Å². The number of hydrogen-bond donors (Lipinski definition) is 1. The largest absolute Gasteiger partial charge is 0.487 e. The molecule has 1 aromatic carbocycles. The van der Waals surface area contributed by atoms with E-state index in [9.17, 15) is 4.39 Å². The van der Waals surface area contributed by atoms with Crippen molar-refractivity contribution in [2.75, 3.05) is 0 Å². The molecule has 0 aromatic heterocycles. The molecule has 3 heteroatoms. The summed E-state index contributed by atoms with van der Waals surface area (Å²) in [6.07, 6.45) is 7.60. The number of ether oxygens (including phenoxy) is 1. The summed E-state index contributed by atoms with van der Waals surface area (Å²) < 4.78 is 20.2. The molecular weight excluding hydrogens is 265 g/mol. The predicted octanol–water partition coefficient (Wildman–Crippen LogP) is 4.45. The van der Waals surface area contributed by atoms with Crippen molar-refractivity contribution >= 4 is 0 Å². The molecule has 0 radical (unpaired) electrons. The topological polar surface area (TPSA) is 35.2 Å². The molecule has 1 aromatic rings. The number of halogens is 1. The Morgan fingerprint density at radius 1 is 1.29 bits per heavy atom. The molecule has 1 fully saturated rings. The summed E-state index contributed by atoms with van der Waals surface area (Å²) >= 11 is 0. The molecule has 1 saturated carbocycles. The van der Waals surface area contributed by atoms with Crippen LogP contribution in [0.1, 0.15) is 57.9 Å². The lowest BCUT2D eigenvalue weighted by atomic mass is 9.85. The molecule has 2 rings (SSSR count). The van der Waals surface area contributed by atoms with E-state index >= 15 is 0 Å². The second-order valence-electron chi connectivity index (χ2n) is 6.25. The van der Waals surface area contributed by atoms with Gasteiger partial charge in [0.05, 0.1) is 0 Å². The average molecular weight is 293 g/mol. The maximum absolute atomic E-state index is 14.2. The van der Waals surface area contributed by atoms with Crippen LogP contribution in [0.25, 0.3) is 0 Å². The lowest BCUT2D eigenvalue weighted by molar-refractivity contribution is 0.0863. The van der Waals surface area contributed by atoms with E-state index in [4.69, 9.17) is 10.5 Å². The van der Waals surface area contributed by atoms with Crippen LogP contribution in [0.3, 0.4) is 0 Å². The van der Waals surface area contributed by atoms with Gasteiger partial charge in [-0.05, 0) is 62.1 Å². The molecule has 2 nitrogen and oxygen atoms in total. The molecule has 1 aliphatic carbocycles. The fourth-order valence-electron chi connectivity index (χ4n) is 3.17. The van der Waals surface area contributed by atoms with Crippen molar-refractivity contribution in [3.05, 3.63) is 29.6 Å². The Labute approximate surface area is 127 Å². The molecule has 2 N–H and O–H groups in total. The average Bonchev–Trinajstić information content (AvgIpc) is 2.50. The third-order valence-electron chi connectivity index (χ3n) is 4.66. The lowest BCUT2D eigenvalue weighted by Gasteiger charge is -2.31. The first-order valence-electron chi connectivity index (χ1n) is 8.34. The zero-order valence-corrected chi connectivity index (χ0v) is 13.3. The minimum atomic E-state index is -0.253. The normalized spacial score (nSPS) is 23.8. The Morgan fingerprint density at radius 3 is 2.71 bits per heavy atom. The molecule has 0 aliphatic heterocycles. The van der Waals surface area contributed by atoms with E-state index < -0.39 is 0 Å². The van der Waals surface area contributed by atoms with Gasteiger partial charge in [-0.2, -0.15) is 0 Å². The van der Waals surface area contributed by atoms with Crippen molar-refractivity contribution in [2.24, 2.45) is 11.7 Å². The summed E-state index contributed by atoms with van der Waals surface area (Å²) in [5.74, 6) is 0.705. The van der Waals surface area contributed by atoms with Gasteiger partial charge >= 0.3 is 0 Å². The van der Waals surface area contributed by atoms with Crippen LogP contribution in [-0.4, -0.2) is 12.1 Å². The van der Waals surface area contributed by atoms with E-state index in [1.54, 1.807) is 12.1 Å². The molecule has 118 valence electrons. The van der Waals surface area contributed by atoms with Crippen LogP contribution in [0.4, 0.5) is 4.39 Å². The van der Waals surface area contributed by atoms with E-state index in [2.05, 4.69) is 6.92 Å². The van der Waals surface area contributed by atoms with Crippen LogP contribution in [0.15, 0.2) is 18.2 Å². The lowest BCUT2D eigenvalue weighted by Crippen LogP contribution is -2.30. The van der Waals surface area contributed by atoms with Crippen LogP contribution >= 0.6 is 0 Å². The van der Waals surface area contributed by atoms with Gasteiger partial charge in [0.2, 0.25) is 0 Å². The molecule has 0 amide bonds. The molecule has 3 atom stereocenters. The smallest absolute Gasteiger partial charge is 0.165 e. The zero-order chi connectivity index (χ0) is 15.2. The number of rotatable bonds is 6. The van der Waals surface area contributed by atoms with E-state index in [1.807, 2.05) is 13.0 Å². The van der Waals surface area contributed by atoms with Crippen molar-refractivity contribution in [3.8, 4) is 5.75 Å². The van der Waals surface area contributed by atoms with Gasteiger partial charge in [-0.3, -0.25) is 0 Å². The van der Waals surface area contributed by atoms with Gasteiger partial charge in [-0.15, -0.1) is 0 Å². The summed E-state index contributed by atoms with van der Waals surface area (Å²) in [5.41, 5.74) is 6.87. The predicted molar refractivity (Wildman–Crippen MR) is 85.0 cm³/mol. The Hall–Kier alpha value is -1.09. The maximum atomic E-state index is 14.2. The SMILES string of the molecule is CCC(N)Cc1ccc(OC2CCCCC2CC)c(F)c1. The Balaban J connectivity index is 2.03. The second-order valence-corrected chi connectivity index (χ2v) is 6.25. The quantitative estimate of drug-likeness (QED) is 0.841. The Bertz CT molecular complexity index is 449. The summed E-state index contributed by atoms with van der Waals surface area (Å²) in [6.45, 7) is 4.24. The minimum absolute atomic E-state index is 0.0963. The number of hydrogen-bond acceptors (Lipinski definition) is 2. The van der Waals surface area contributed by atoms with Gasteiger partial charge in [-0.25, -0.2) is 4.39 Å². The van der Waals surface area contributed by atoms with Gasteiger partial charge in [0.1, 0.15) is 6.10 Å². The van der Waals surface area contributed by atoms with Gasteiger partial charge < -0.3 is 10.5 Å². The Morgan fingerprint density at radius 2 is 2.05 bits per heavy atom. The van der Waals surface area contributed by atoms with Crippen LogP contribution in [0, 0.1) is 11.7 Å². The van der Waals surface area contributed by atoms with Crippen molar-refractivity contribution in [1.29, 1.82) is 0 Å². The third-order valence-corrected chi connectivity index (χ3v) is 4.66. The molecular formula is C18H28FNO. The fourth-order valence-corrected chi connectivity index (χ4v) is 3.17. The molecule has 0 saturated heterocycles. The highest BCUT2D eigenvalue weighted by atomic mass is 19.1. The first kappa shape index (κ1) is 16.3. The molecule has 0 bridgehead atoms. The highest BCUT2D eigenvalue weighted by Gasteiger charge is 2.26. The van der Waals surface area contributed by atoms with Crippen molar-refractivity contribution in [3.63, 3.8) is 0 Å². The van der Waals surface area contributed by atoms with Crippen LogP contribution in [0.2, 0.25) is 0 Å². The van der Waals surface area contributed by atoms with E-state index in [-0.39, 0.29) is 18.0 Å². The number of nitrogens with two attached hydrogens (primary N) is 1. The molecule has 3 unspecified atom stereocenters. The second kappa shape index (κ2) is 7.79. The molecule has 21 heavy (non-hydrogen) atoms. The van der Waals surface area contributed by atoms with Gasteiger partial charge in [-0.1, -0.05) is 26.3 Å². The fraction of sp³-hybridized carbons (Fsp3) is 0.667. The summed E-state index contributed by atoms with van der Waals surface area (Å²) in [4.78, 5) is 0. The van der Waals surface area contributed by atoms with Gasteiger partial charge in [0, 0.05) is 6.04 Å². The first-order chi connectivity index (χ1) is 10.1. The highest BCUT2D eigenvalue weighted by Crippen LogP contribution is 2.31. The Kier molecular flexibility index (Phi) is 6.04. The van der Waals surface area contributed by atoms with E-state index in [0.717, 1.165) is 24.8 Å². The van der Waals surface area contributed by atoms with Crippen molar-refractivity contribution in [2.45, 2.75) is 70.9 Å². The summed E-state index contributed by atoms with van der Waals surface area (Å²) in [5, 5.41) is 0. The minimum Gasteiger partial charge on any atom is -0.487 e. The summed E-state index contributed by atoms with van der Waals surface area (Å²) in [7, 11) is 0. The summed E-state index contributed by atoms with van der Waals surface area (Å²) in [6, 6.07) is 5.39. The highest BCUT2D eigenvalue weighted by molar-refractivity contribution is 5.30. The standard InChI is InChI=1S/C18H28FNO/c1-3-14-7-5-6-8-17(14)21-18-10-9-13(12-16(18)19)11-15(20)4-2/h9-10,12,14-15,17H,3-8,11,20H2,1-2H3. The molecule has 0 heterocycles. The molecule has 1 aliphatic rings. The zero-order valence-electron chi connectivity index (χ0n) is 13.3. The van der Waals surface area contributed by atoms with E-state index in [0.29, 0.717) is 18.1 Å². The molecule has 0 spiro atoms. The first-order valence-corrected chi connectivity index (χ1v) is 8.34. The number of benzene rings is 1. The van der Waals surface area contributed by atoms with Crippen LogP contribution in [0.5, 0.6) is 5.75 Å². The maximum Gasteiger partial charge on any atom is 0.165 e. The van der Waals surface area contributed by atoms with Crippen molar-refractivity contribution in [1.82, 2.24) is 0 Å².